The lowest BCUT2D eigenvalue weighted by Gasteiger charge is -2.21. The molecule has 1 aliphatic heterocycles. The monoisotopic (exact) mass is 237 g/mol. The molecule has 4 heteroatoms. The summed E-state index contributed by atoms with van der Waals surface area (Å²) < 4.78 is 18.4. The maximum absolute atomic E-state index is 12.9. The molecule has 2 rings (SSSR count). The van der Waals surface area contributed by atoms with Crippen molar-refractivity contribution in [2.45, 2.75) is 31.8 Å². The highest BCUT2D eigenvalue weighted by Crippen LogP contribution is 2.17. The lowest BCUT2D eigenvalue weighted by Crippen LogP contribution is -2.25. The van der Waals surface area contributed by atoms with Gasteiger partial charge in [-0.2, -0.15) is 0 Å². The van der Waals surface area contributed by atoms with Gasteiger partial charge in [-0.1, -0.05) is 6.07 Å². The second kappa shape index (κ2) is 5.77. The number of hydrogen-bond acceptors (Lipinski definition) is 2. The fourth-order valence-electron chi connectivity index (χ4n) is 1.95. The molecule has 0 radical (unpaired) electrons. The summed E-state index contributed by atoms with van der Waals surface area (Å²) in [5, 5.41) is 2.67. The Hall–Kier alpha value is -1.42. The molecule has 0 bridgehead atoms. The fourth-order valence-corrected chi connectivity index (χ4v) is 1.95. The quantitative estimate of drug-likeness (QED) is 0.877. The van der Waals surface area contributed by atoms with Crippen LogP contribution >= 0.6 is 0 Å². The van der Waals surface area contributed by atoms with Gasteiger partial charge < -0.3 is 10.1 Å². The van der Waals surface area contributed by atoms with Crippen LogP contribution in [-0.2, 0) is 9.53 Å². The molecule has 0 spiro atoms. The minimum Gasteiger partial charge on any atom is -0.378 e. The lowest BCUT2D eigenvalue weighted by molar-refractivity contribution is -0.119. The Kier molecular flexibility index (Phi) is 4.09. The van der Waals surface area contributed by atoms with Crippen molar-refractivity contribution < 1.29 is 13.9 Å². The molecular formula is C13H16FNO2. The second-order valence-corrected chi connectivity index (χ2v) is 4.25. The van der Waals surface area contributed by atoms with Crippen molar-refractivity contribution >= 4 is 11.6 Å². The molecule has 0 saturated carbocycles. The van der Waals surface area contributed by atoms with Crippen LogP contribution in [0.3, 0.4) is 0 Å². The molecule has 1 saturated heterocycles. The Morgan fingerprint density at radius 3 is 3.06 bits per heavy atom. The highest BCUT2D eigenvalue weighted by Gasteiger charge is 2.17. The molecule has 17 heavy (non-hydrogen) atoms. The summed E-state index contributed by atoms with van der Waals surface area (Å²) in [6.07, 6.45) is 3.46. The molecule has 1 aromatic carbocycles. The van der Waals surface area contributed by atoms with E-state index < -0.39 is 0 Å². The second-order valence-electron chi connectivity index (χ2n) is 4.25. The van der Waals surface area contributed by atoms with Crippen LogP contribution < -0.4 is 5.32 Å². The minimum absolute atomic E-state index is 0.0114. The third kappa shape index (κ3) is 3.82. The molecule has 3 nitrogen and oxygen atoms in total. The topological polar surface area (TPSA) is 38.3 Å². The largest absolute Gasteiger partial charge is 0.378 e. The van der Waals surface area contributed by atoms with Gasteiger partial charge in [-0.05, 0) is 37.5 Å². The van der Waals surface area contributed by atoms with Crippen molar-refractivity contribution in [3.8, 4) is 0 Å². The van der Waals surface area contributed by atoms with Crippen molar-refractivity contribution in [2.75, 3.05) is 11.9 Å². The molecule has 0 aliphatic carbocycles. The summed E-state index contributed by atoms with van der Waals surface area (Å²) >= 11 is 0. The number of benzene rings is 1. The first kappa shape index (κ1) is 12.0. The van der Waals surface area contributed by atoms with Gasteiger partial charge in [0.1, 0.15) is 5.82 Å². The summed E-state index contributed by atoms with van der Waals surface area (Å²) in [4.78, 5) is 11.7. The molecule has 1 atom stereocenters. The number of carbonyl (C=O) groups excluding carboxylic acids is 1. The minimum atomic E-state index is -0.350. The molecule has 1 unspecified atom stereocenters. The number of rotatable bonds is 3. The zero-order chi connectivity index (χ0) is 12.1. The van der Waals surface area contributed by atoms with Crippen LogP contribution in [0.2, 0.25) is 0 Å². The SMILES string of the molecule is O=C(CC1CCCCO1)Nc1cccc(F)c1. The summed E-state index contributed by atoms with van der Waals surface area (Å²) in [7, 11) is 0. The van der Waals surface area contributed by atoms with Gasteiger partial charge in [0.15, 0.2) is 0 Å². The number of hydrogen-bond donors (Lipinski definition) is 1. The van der Waals surface area contributed by atoms with Gasteiger partial charge in [0.05, 0.1) is 12.5 Å². The smallest absolute Gasteiger partial charge is 0.226 e. The third-order valence-electron chi connectivity index (χ3n) is 2.80. The Bertz CT molecular complexity index is 389. The van der Waals surface area contributed by atoms with Crippen LogP contribution in [-0.4, -0.2) is 18.6 Å². The van der Waals surface area contributed by atoms with Crippen molar-refractivity contribution in [3.63, 3.8) is 0 Å². The molecule has 1 amide bonds. The predicted octanol–water partition coefficient (Wildman–Crippen LogP) is 2.72. The summed E-state index contributed by atoms with van der Waals surface area (Å²) in [5.74, 6) is -0.473. The van der Waals surface area contributed by atoms with E-state index in [0.29, 0.717) is 12.1 Å². The Morgan fingerprint density at radius 1 is 1.47 bits per heavy atom. The fraction of sp³-hybridized carbons (Fsp3) is 0.462. The van der Waals surface area contributed by atoms with Gasteiger partial charge in [-0.25, -0.2) is 4.39 Å². The van der Waals surface area contributed by atoms with Crippen LogP contribution in [0.25, 0.3) is 0 Å². The first-order valence-electron chi connectivity index (χ1n) is 5.91. The molecule has 92 valence electrons. The van der Waals surface area contributed by atoms with E-state index in [9.17, 15) is 9.18 Å². The number of carbonyl (C=O) groups is 1. The van der Waals surface area contributed by atoms with E-state index in [1.807, 2.05) is 0 Å². The molecule has 0 aromatic heterocycles. The van der Waals surface area contributed by atoms with Crippen LogP contribution in [0.5, 0.6) is 0 Å². The number of ether oxygens (including phenoxy) is 1. The van der Waals surface area contributed by atoms with Gasteiger partial charge in [0.2, 0.25) is 5.91 Å². The zero-order valence-corrected chi connectivity index (χ0v) is 9.62. The van der Waals surface area contributed by atoms with E-state index in [1.54, 1.807) is 12.1 Å². The number of halogens is 1. The third-order valence-corrected chi connectivity index (χ3v) is 2.80. The van der Waals surface area contributed by atoms with E-state index >= 15 is 0 Å². The van der Waals surface area contributed by atoms with Crippen molar-refractivity contribution in [3.05, 3.63) is 30.1 Å². The van der Waals surface area contributed by atoms with Crippen molar-refractivity contribution in [2.24, 2.45) is 0 Å². The van der Waals surface area contributed by atoms with Gasteiger partial charge >= 0.3 is 0 Å². The molecule has 1 aromatic rings. The Labute approximate surface area is 100.0 Å². The average molecular weight is 237 g/mol. The van der Waals surface area contributed by atoms with Gasteiger partial charge in [0.25, 0.3) is 0 Å². The highest BCUT2D eigenvalue weighted by molar-refractivity contribution is 5.90. The molecule has 1 aliphatic rings. The summed E-state index contributed by atoms with van der Waals surface area (Å²) in [6, 6.07) is 5.89. The Balaban J connectivity index is 1.84. The van der Waals surface area contributed by atoms with E-state index in [0.717, 1.165) is 25.9 Å². The lowest BCUT2D eigenvalue weighted by atomic mass is 10.1. The zero-order valence-electron chi connectivity index (χ0n) is 9.62. The number of amides is 1. The highest BCUT2D eigenvalue weighted by atomic mass is 19.1. The molecule has 1 fully saturated rings. The van der Waals surface area contributed by atoms with E-state index in [4.69, 9.17) is 4.74 Å². The van der Waals surface area contributed by atoms with E-state index in [1.165, 1.54) is 12.1 Å². The number of nitrogens with one attached hydrogen (secondary N) is 1. The molecular weight excluding hydrogens is 221 g/mol. The molecule has 1 heterocycles. The predicted molar refractivity (Wildman–Crippen MR) is 63.2 cm³/mol. The maximum Gasteiger partial charge on any atom is 0.226 e. The van der Waals surface area contributed by atoms with Crippen LogP contribution in [0.15, 0.2) is 24.3 Å². The normalized spacial score (nSPS) is 19.9. The number of anilines is 1. The summed E-state index contributed by atoms with van der Waals surface area (Å²) in [6.45, 7) is 0.734. The van der Waals surface area contributed by atoms with E-state index in [-0.39, 0.29) is 17.8 Å². The van der Waals surface area contributed by atoms with Gasteiger partial charge in [-0.3, -0.25) is 4.79 Å². The van der Waals surface area contributed by atoms with Crippen LogP contribution in [0.4, 0.5) is 10.1 Å². The Morgan fingerprint density at radius 2 is 2.35 bits per heavy atom. The van der Waals surface area contributed by atoms with Gasteiger partial charge in [-0.15, -0.1) is 0 Å². The first-order chi connectivity index (χ1) is 8.24. The van der Waals surface area contributed by atoms with Crippen molar-refractivity contribution in [1.82, 2.24) is 0 Å². The van der Waals surface area contributed by atoms with Crippen LogP contribution in [0.1, 0.15) is 25.7 Å². The van der Waals surface area contributed by atoms with E-state index in [2.05, 4.69) is 5.32 Å². The summed E-state index contributed by atoms with van der Waals surface area (Å²) in [5.41, 5.74) is 0.491. The van der Waals surface area contributed by atoms with Gasteiger partial charge in [0, 0.05) is 12.3 Å². The maximum atomic E-state index is 12.9. The van der Waals surface area contributed by atoms with Crippen molar-refractivity contribution in [1.29, 1.82) is 0 Å². The first-order valence-corrected chi connectivity index (χ1v) is 5.91. The standard InChI is InChI=1S/C13H16FNO2/c14-10-4-3-5-11(8-10)15-13(16)9-12-6-1-2-7-17-12/h3-5,8,12H,1-2,6-7,9H2,(H,15,16). The molecule has 1 N–H and O–H groups in total. The average Bonchev–Trinajstić information content (AvgIpc) is 2.30. The van der Waals surface area contributed by atoms with Crippen LogP contribution in [0, 0.1) is 5.82 Å².